The Morgan fingerprint density at radius 1 is 1.33 bits per heavy atom. The fourth-order valence-electron chi connectivity index (χ4n) is 2.07. The van der Waals surface area contributed by atoms with E-state index in [4.69, 9.17) is 0 Å². The summed E-state index contributed by atoms with van der Waals surface area (Å²) in [5, 5.41) is 8.54. The van der Waals surface area contributed by atoms with Crippen LogP contribution in [0.15, 0.2) is 30.3 Å². The number of aryl methyl sites for hydroxylation is 1. The predicted octanol–water partition coefficient (Wildman–Crippen LogP) is 3.47. The molecule has 0 aliphatic carbocycles. The quantitative estimate of drug-likeness (QED) is 0.886. The van der Waals surface area contributed by atoms with Gasteiger partial charge in [-0.3, -0.25) is 9.89 Å². The summed E-state index contributed by atoms with van der Waals surface area (Å²) < 4.78 is 25.6. The molecule has 0 aliphatic heterocycles. The van der Waals surface area contributed by atoms with Crippen LogP contribution in [0.25, 0.3) is 0 Å². The van der Waals surface area contributed by atoms with Gasteiger partial charge < -0.3 is 5.32 Å². The standard InChI is InChI=1S/C15H17F2N3O/c1-9(8-11-6-4-3-5-7-11)15(21)18-12-10(2)19-20-13(12)14(16)17/h3-7,9,14H,8H2,1-2H3,(H,18,21)(H,19,20)/t9-/m1/s1. The van der Waals surface area contributed by atoms with E-state index in [0.29, 0.717) is 12.1 Å². The van der Waals surface area contributed by atoms with Crippen molar-refractivity contribution in [2.75, 3.05) is 5.32 Å². The first-order valence-electron chi connectivity index (χ1n) is 6.66. The van der Waals surface area contributed by atoms with Crippen LogP contribution in [-0.2, 0) is 11.2 Å². The number of aromatic amines is 1. The molecular formula is C15H17F2N3O. The maximum atomic E-state index is 12.8. The van der Waals surface area contributed by atoms with Gasteiger partial charge in [0.25, 0.3) is 6.43 Å². The Labute approximate surface area is 121 Å². The number of carbonyl (C=O) groups is 1. The van der Waals surface area contributed by atoms with E-state index in [2.05, 4.69) is 15.5 Å². The molecule has 6 heteroatoms. The molecule has 1 amide bonds. The summed E-state index contributed by atoms with van der Waals surface area (Å²) in [5.41, 5.74) is 1.10. The molecule has 2 N–H and O–H groups in total. The lowest BCUT2D eigenvalue weighted by Gasteiger charge is -2.13. The van der Waals surface area contributed by atoms with Gasteiger partial charge in [-0.25, -0.2) is 8.78 Å². The summed E-state index contributed by atoms with van der Waals surface area (Å²) in [6.07, 6.45) is -2.18. The van der Waals surface area contributed by atoms with Crippen LogP contribution in [0.1, 0.15) is 30.3 Å². The lowest BCUT2D eigenvalue weighted by atomic mass is 10.0. The number of hydrogen-bond donors (Lipinski definition) is 2. The van der Waals surface area contributed by atoms with Crippen molar-refractivity contribution >= 4 is 11.6 Å². The second-order valence-corrected chi connectivity index (χ2v) is 4.99. The second-order valence-electron chi connectivity index (χ2n) is 4.99. The van der Waals surface area contributed by atoms with E-state index in [9.17, 15) is 13.6 Å². The molecule has 0 bridgehead atoms. The average Bonchev–Trinajstić information content (AvgIpc) is 2.81. The molecule has 112 valence electrons. The van der Waals surface area contributed by atoms with E-state index in [1.165, 1.54) is 0 Å². The van der Waals surface area contributed by atoms with Crippen LogP contribution in [0.2, 0.25) is 0 Å². The van der Waals surface area contributed by atoms with Gasteiger partial charge >= 0.3 is 0 Å². The lowest BCUT2D eigenvalue weighted by molar-refractivity contribution is -0.119. The van der Waals surface area contributed by atoms with Crippen molar-refractivity contribution in [2.24, 2.45) is 5.92 Å². The van der Waals surface area contributed by atoms with E-state index in [1.807, 2.05) is 30.3 Å². The fraction of sp³-hybridized carbons (Fsp3) is 0.333. The molecule has 1 atom stereocenters. The Morgan fingerprint density at radius 2 is 2.00 bits per heavy atom. The van der Waals surface area contributed by atoms with Gasteiger partial charge in [0.1, 0.15) is 0 Å². The highest BCUT2D eigenvalue weighted by Crippen LogP contribution is 2.27. The van der Waals surface area contributed by atoms with Gasteiger partial charge in [0.05, 0.1) is 11.4 Å². The average molecular weight is 293 g/mol. The summed E-state index contributed by atoms with van der Waals surface area (Å²) in [6.45, 7) is 3.36. The van der Waals surface area contributed by atoms with E-state index < -0.39 is 12.1 Å². The van der Waals surface area contributed by atoms with Gasteiger partial charge in [-0.2, -0.15) is 5.10 Å². The maximum absolute atomic E-state index is 12.8. The number of rotatable bonds is 5. The third-order valence-corrected chi connectivity index (χ3v) is 3.26. The van der Waals surface area contributed by atoms with Crippen molar-refractivity contribution in [3.63, 3.8) is 0 Å². The van der Waals surface area contributed by atoms with E-state index in [-0.39, 0.29) is 17.5 Å². The number of hydrogen-bond acceptors (Lipinski definition) is 2. The van der Waals surface area contributed by atoms with Gasteiger partial charge in [-0.05, 0) is 18.9 Å². The minimum atomic E-state index is -2.73. The summed E-state index contributed by atoms with van der Waals surface area (Å²) in [6, 6.07) is 9.55. The highest BCUT2D eigenvalue weighted by molar-refractivity contribution is 5.93. The summed E-state index contributed by atoms with van der Waals surface area (Å²) in [4.78, 5) is 12.1. The molecule has 0 radical (unpaired) electrons. The van der Waals surface area contributed by atoms with Crippen LogP contribution in [0.3, 0.4) is 0 Å². The van der Waals surface area contributed by atoms with Crippen molar-refractivity contribution in [1.29, 1.82) is 0 Å². The van der Waals surface area contributed by atoms with Crippen LogP contribution < -0.4 is 5.32 Å². The zero-order chi connectivity index (χ0) is 15.4. The number of aromatic nitrogens is 2. The molecule has 0 fully saturated rings. The van der Waals surface area contributed by atoms with Crippen molar-refractivity contribution in [2.45, 2.75) is 26.7 Å². The normalized spacial score (nSPS) is 12.4. The largest absolute Gasteiger partial charge is 0.323 e. The minimum Gasteiger partial charge on any atom is -0.323 e. The fourth-order valence-corrected chi connectivity index (χ4v) is 2.07. The molecule has 0 unspecified atom stereocenters. The van der Waals surface area contributed by atoms with Crippen LogP contribution in [0.5, 0.6) is 0 Å². The highest BCUT2D eigenvalue weighted by atomic mass is 19.3. The predicted molar refractivity (Wildman–Crippen MR) is 76.2 cm³/mol. The van der Waals surface area contributed by atoms with Gasteiger partial charge in [-0.1, -0.05) is 37.3 Å². The van der Waals surface area contributed by atoms with Crippen LogP contribution >= 0.6 is 0 Å². The van der Waals surface area contributed by atoms with Crippen LogP contribution in [-0.4, -0.2) is 16.1 Å². The van der Waals surface area contributed by atoms with E-state index >= 15 is 0 Å². The molecule has 2 aromatic rings. The van der Waals surface area contributed by atoms with Crippen molar-refractivity contribution in [3.8, 4) is 0 Å². The molecule has 0 aliphatic rings. The smallest absolute Gasteiger partial charge is 0.284 e. The molecule has 0 saturated carbocycles. The molecule has 0 saturated heterocycles. The van der Waals surface area contributed by atoms with E-state index in [0.717, 1.165) is 5.56 Å². The first-order chi connectivity index (χ1) is 9.99. The summed E-state index contributed by atoms with van der Waals surface area (Å²) in [5.74, 6) is -0.627. The summed E-state index contributed by atoms with van der Waals surface area (Å²) >= 11 is 0. The Morgan fingerprint density at radius 3 is 2.62 bits per heavy atom. The Kier molecular flexibility index (Phi) is 4.67. The van der Waals surface area contributed by atoms with Crippen molar-refractivity contribution < 1.29 is 13.6 Å². The zero-order valence-electron chi connectivity index (χ0n) is 11.9. The number of halogens is 2. The number of amides is 1. The molecule has 21 heavy (non-hydrogen) atoms. The molecule has 1 aromatic heterocycles. The van der Waals surface area contributed by atoms with Crippen molar-refractivity contribution in [3.05, 3.63) is 47.3 Å². The van der Waals surface area contributed by atoms with Crippen LogP contribution in [0, 0.1) is 12.8 Å². The zero-order valence-corrected chi connectivity index (χ0v) is 11.9. The number of alkyl halides is 2. The van der Waals surface area contributed by atoms with Crippen LogP contribution in [0.4, 0.5) is 14.5 Å². The van der Waals surface area contributed by atoms with E-state index in [1.54, 1.807) is 13.8 Å². The first-order valence-corrected chi connectivity index (χ1v) is 6.66. The van der Waals surface area contributed by atoms with Crippen molar-refractivity contribution in [1.82, 2.24) is 10.2 Å². The number of nitrogens with one attached hydrogen (secondary N) is 2. The maximum Gasteiger partial charge on any atom is 0.284 e. The number of nitrogens with zero attached hydrogens (tertiary/aromatic N) is 1. The lowest BCUT2D eigenvalue weighted by Crippen LogP contribution is -2.23. The molecular weight excluding hydrogens is 276 g/mol. The molecule has 1 heterocycles. The minimum absolute atomic E-state index is 0.0786. The van der Waals surface area contributed by atoms with Gasteiger partial charge in [0, 0.05) is 5.92 Å². The Balaban J connectivity index is 2.06. The molecule has 1 aromatic carbocycles. The first kappa shape index (κ1) is 15.2. The van der Waals surface area contributed by atoms with Gasteiger partial charge in [0.15, 0.2) is 5.69 Å². The Bertz CT molecular complexity index is 611. The SMILES string of the molecule is Cc1[nH]nc(C(F)F)c1NC(=O)[C@H](C)Cc1ccccc1. The number of benzene rings is 1. The molecule has 2 rings (SSSR count). The number of H-pyrrole nitrogens is 1. The molecule has 0 spiro atoms. The van der Waals surface area contributed by atoms with Gasteiger partial charge in [0.2, 0.25) is 5.91 Å². The second kappa shape index (κ2) is 6.47. The number of carbonyl (C=O) groups excluding carboxylic acids is 1. The van der Waals surface area contributed by atoms with Gasteiger partial charge in [-0.15, -0.1) is 0 Å². The monoisotopic (exact) mass is 293 g/mol. The topological polar surface area (TPSA) is 57.8 Å². The number of anilines is 1. The third-order valence-electron chi connectivity index (χ3n) is 3.26. The molecule has 4 nitrogen and oxygen atoms in total. The third kappa shape index (κ3) is 3.65. The Hall–Kier alpha value is -2.24. The highest BCUT2D eigenvalue weighted by Gasteiger charge is 2.22. The summed E-state index contributed by atoms with van der Waals surface area (Å²) in [7, 11) is 0.